The fourth-order valence-electron chi connectivity index (χ4n) is 0.463. The van der Waals surface area contributed by atoms with Gasteiger partial charge in [-0.2, -0.15) is 0 Å². The smallest absolute Gasteiger partial charge is 0.186 e. The molecule has 0 aromatic carbocycles. The van der Waals surface area contributed by atoms with Gasteiger partial charge in [-0.25, -0.2) is 0 Å². The molecule has 11 heavy (non-hydrogen) atoms. The van der Waals surface area contributed by atoms with Gasteiger partial charge in [0.15, 0.2) is 5.22 Å². The topological polar surface area (TPSA) is 9.23 Å². The second-order valence-electron chi connectivity index (χ2n) is 1.76. The summed E-state index contributed by atoms with van der Waals surface area (Å²) in [6.45, 7) is 8.83. The second kappa shape index (κ2) is 5.81. The number of hydrogen-bond acceptors (Lipinski definition) is 1. The molecule has 0 amide bonds. The van der Waals surface area contributed by atoms with E-state index in [1.54, 1.807) is 12.2 Å². The van der Waals surface area contributed by atoms with Crippen molar-refractivity contribution in [2.45, 2.75) is 6.92 Å². The maximum atomic E-state index is 5.40. The van der Waals surface area contributed by atoms with Gasteiger partial charge in [0.25, 0.3) is 0 Å². The van der Waals surface area contributed by atoms with Gasteiger partial charge >= 0.3 is 0 Å². The van der Waals surface area contributed by atoms with E-state index in [2.05, 4.69) is 13.2 Å². The maximum Gasteiger partial charge on any atom is 0.186 e. The van der Waals surface area contributed by atoms with Crippen LogP contribution in [-0.2, 0) is 4.74 Å². The molecule has 60 valence electrons. The molecule has 0 radical (unpaired) electrons. The number of ether oxygens (including phenoxy) is 1. The molecule has 0 spiro atoms. The van der Waals surface area contributed by atoms with Crippen molar-refractivity contribution in [3.63, 3.8) is 0 Å². The summed E-state index contributed by atoms with van der Waals surface area (Å²) >= 11 is 5.40. The molecule has 0 aliphatic rings. The Labute approximate surface area is 72.3 Å². The molecule has 0 aliphatic heterocycles. The lowest BCUT2D eigenvalue weighted by Crippen LogP contribution is -1.81. The molecule has 0 aliphatic carbocycles. The summed E-state index contributed by atoms with van der Waals surface area (Å²) in [5, 5.41) is 0.139. The maximum absolute atomic E-state index is 5.40. The van der Waals surface area contributed by atoms with Crippen LogP contribution < -0.4 is 0 Å². The largest absolute Gasteiger partial charge is 0.446 e. The highest BCUT2D eigenvalue weighted by atomic mass is 35.5. The van der Waals surface area contributed by atoms with E-state index in [-0.39, 0.29) is 5.22 Å². The summed E-state index contributed by atoms with van der Waals surface area (Å²) in [4.78, 5) is 0. The van der Waals surface area contributed by atoms with E-state index in [0.29, 0.717) is 5.76 Å². The van der Waals surface area contributed by atoms with Crippen molar-refractivity contribution >= 4 is 11.6 Å². The molecule has 1 nitrogen and oxygen atoms in total. The van der Waals surface area contributed by atoms with Crippen molar-refractivity contribution in [3.8, 4) is 0 Å². The third-order valence-corrected chi connectivity index (χ3v) is 0.960. The zero-order chi connectivity index (χ0) is 8.69. The first kappa shape index (κ1) is 10.0. The van der Waals surface area contributed by atoms with Crippen molar-refractivity contribution in [2.75, 3.05) is 0 Å². The summed E-state index contributed by atoms with van der Waals surface area (Å²) in [5.41, 5.74) is 0. The second-order valence-corrected chi connectivity index (χ2v) is 2.18. The number of rotatable bonds is 4. The Morgan fingerprint density at radius 2 is 2.18 bits per heavy atom. The first-order chi connectivity index (χ1) is 5.20. The molecule has 0 N–H and O–H groups in total. The molecule has 0 saturated heterocycles. The zero-order valence-corrected chi connectivity index (χ0v) is 7.27. The predicted octanol–water partition coefficient (Wildman–Crippen LogP) is 3.36. The lowest BCUT2D eigenvalue weighted by Gasteiger charge is -2.00. The van der Waals surface area contributed by atoms with Crippen LogP contribution in [0.4, 0.5) is 0 Å². The van der Waals surface area contributed by atoms with E-state index in [1.807, 2.05) is 19.1 Å². The van der Waals surface area contributed by atoms with Gasteiger partial charge in [0, 0.05) is 0 Å². The van der Waals surface area contributed by atoms with Crippen LogP contribution in [0, 0.1) is 0 Å². The van der Waals surface area contributed by atoms with Crippen molar-refractivity contribution in [1.29, 1.82) is 0 Å². The van der Waals surface area contributed by atoms with Gasteiger partial charge in [-0.15, -0.1) is 0 Å². The first-order valence-corrected chi connectivity index (χ1v) is 3.56. The molecule has 0 unspecified atom stereocenters. The van der Waals surface area contributed by atoms with Crippen LogP contribution in [0.3, 0.4) is 0 Å². The van der Waals surface area contributed by atoms with Crippen molar-refractivity contribution < 1.29 is 4.74 Å². The summed E-state index contributed by atoms with van der Waals surface area (Å²) in [6.07, 6.45) is 7.02. The van der Waals surface area contributed by atoms with Crippen LogP contribution in [0.2, 0.25) is 0 Å². The normalized spacial score (nSPS) is 11.6. The summed E-state index contributed by atoms with van der Waals surface area (Å²) in [5.74, 6) is 0.586. The predicted molar refractivity (Wildman–Crippen MR) is 49.2 cm³/mol. The Balaban J connectivity index is 4.15. The fraction of sp³-hybridized carbons (Fsp3) is 0.111. The van der Waals surface area contributed by atoms with Crippen LogP contribution >= 0.6 is 11.6 Å². The molecular formula is C9H11ClO. The molecule has 0 aromatic rings. The molecule has 0 rings (SSSR count). The quantitative estimate of drug-likeness (QED) is 0.465. The van der Waals surface area contributed by atoms with E-state index in [4.69, 9.17) is 16.3 Å². The molecule has 0 aromatic heterocycles. The molecule has 0 heterocycles. The van der Waals surface area contributed by atoms with Crippen LogP contribution in [0.15, 0.2) is 48.4 Å². The minimum absolute atomic E-state index is 0.139. The van der Waals surface area contributed by atoms with Gasteiger partial charge in [0.2, 0.25) is 0 Å². The highest BCUT2D eigenvalue weighted by molar-refractivity contribution is 6.28. The van der Waals surface area contributed by atoms with Crippen molar-refractivity contribution in [1.82, 2.24) is 0 Å². The van der Waals surface area contributed by atoms with Crippen LogP contribution in [0.25, 0.3) is 0 Å². The number of halogens is 1. The van der Waals surface area contributed by atoms with E-state index >= 15 is 0 Å². The lowest BCUT2D eigenvalue weighted by atomic mass is 10.4. The highest BCUT2D eigenvalue weighted by Gasteiger charge is 1.90. The molecule has 0 atom stereocenters. The van der Waals surface area contributed by atoms with E-state index in [1.165, 1.54) is 0 Å². The van der Waals surface area contributed by atoms with Gasteiger partial charge in [-0.3, -0.25) is 0 Å². The summed E-state index contributed by atoms with van der Waals surface area (Å²) in [6, 6.07) is 0. The highest BCUT2D eigenvalue weighted by Crippen LogP contribution is 2.08. The SMILES string of the molecule is C=CC(=CC=CC)OC(=C)Cl. The Morgan fingerprint density at radius 3 is 2.55 bits per heavy atom. The van der Waals surface area contributed by atoms with Crippen molar-refractivity contribution in [2.24, 2.45) is 0 Å². The average molecular weight is 171 g/mol. The minimum Gasteiger partial charge on any atom is -0.446 e. The lowest BCUT2D eigenvalue weighted by molar-refractivity contribution is 0.354. The zero-order valence-electron chi connectivity index (χ0n) is 6.51. The van der Waals surface area contributed by atoms with Crippen LogP contribution in [-0.4, -0.2) is 0 Å². The van der Waals surface area contributed by atoms with E-state index < -0.39 is 0 Å². The Kier molecular flexibility index (Phi) is 5.30. The van der Waals surface area contributed by atoms with Crippen molar-refractivity contribution in [3.05, 3.63) is 48.4 Å². The Bertz CT molecular complexity index is 202. The third-order valence-electron chi connectivity index (χ3n) is 0.883. The van der Waals surface area contributed by atoms with Gasteiger partial charge < -0.3 is 4.74 Å². The number of hydrogen-bond donors (Lipinski definition) is 0. The van der Waals surface area contributed by atoms with Gasteiger partial charge in [-0.1, -0.05) is 18.7 Å². The first-order valence-electron chi connectivity index (χ1n) is 3.18. The molecule has 2 heteroatoms. The standard InChI is InChI=1S/C9H11ClO/c1-4-6-7-9(5-2)11-8(3)10/h4-7H,2-3H2,1H3. The van der Waals surface area contributed by atoms with E-state index in [9.17, 15) is 0 Å². The molecule has 0 fully saturated rings. The van der Waals surface area contributed by atoms with Gasteiger partial charge in [-0.05, 0) is 37.3 Å². The Morgan fingerprint density at radius 1 is 1.55 bits per heavy atom. The van der Waals surface area contributed by atoms with Gasteiger partial charge in [0.1, 0.15) is 5.76 Å². The van der Waals surface area contributed by atoms with Crippen LogP contribution in [0.1, 0.15) is 6.92 Å². The minimum atomic E-state index is 0.139. The van der Waals surface area contributed by atoms with Gasteiger partial charge in [0.05, 0.1) is 0 Å². The fourth-order valence-corrected chi connectivity index (χ4v) is 0.552. The van der Waals surface area contributed by atoms with Crippen LogP contribution in [0.5, 0.6) is 0 Å². The Hall–Kier alpha value is -0.950. The summed E-state index contributed by atoms with van der Waals surface area (Å²) in [7, 11) is 0. The molecular weight excluding hydrogens is 160 g/mol. The molecule has 0 saturated carbocycles. The summed E-state index contributed by atoms with van der Waals surface area (Å²) < 4.78 is 4.96. The average Bonchev–Trinajstić information content (AvgIpc) is 1.97. The molecule has 0 bridgehead atoms. The third kappa shape index (κ3) is 5.49. The monoisotopic (exact) mass is 170 g/mol. The number of allylic oxidation sites excluding steroid dienone is 4. The van der Waals surface area contributed by atoms with E-state index in [0.717, 1.165) is 0 Å².